The first-order valence-corrected chi connectivity index (χ1v) is 10.3. The van der Waals surface area contributed by atoms with Gasteiger partial charge in [-0.05, 0) is 49.4 Å². The van der Waals surface area contributed by atoms with Crippen LogP contribution < -0.4 is 5.32 Å². The number of hydrogen-bond donors (Lipinski definition) is 2. The Bertz CT molecular complexity index is 1100. The lowest BCUT2D eigenvalue weighted by molar-refractivity contribution is -0.133. The van der Waals surface area contributed by atoms with Gasteiger partial charge in [0.1, 0.15) is 24.1 Å². The van der Waals surface area contributed by atoms with Crippen molar-refractivity contribution in [3.05, 3.63) is 35.0 Å². The lowest BCUT2D eigenvalue weighted by Gasteiger charge is -2.27. The van der Waals surface area contributed by atoms with Crippen molar-refractivity contribution < 1.29 is 14.4 Å². The van der Waals surface area contributed by atoms with Gasteiger partial charge in [0.05, 0.1) is 17.7 Å². The van der Waals surface area contributed by atoms with Gasteiger partial charge in [-0.3, -0.25) is 9.59 Å². The zero-order valence-corrected chi connectivity index (χ0v) is 17.8. The highest BCUT2D eigenvalue weighted by Crippen LogP contribution is 2.24. The number of amides is 2. The summed E-state index contributed by atoms with van der Waals surface area (Å²) >= 11 is 0. The number of nitrogens with zero attached hydrogens (tertiary/aromatic N) is 3. The monoisotopic (exact) mass is 419 g/mol. The summed E-state index contributed by atoms with van der Waals surface area (Å²) in [6.07, 6.45) is 1.50. The largest absolute Gasteiger partial charge is 0.350 e. The highest BCUT2D eigenvalue weighted by Gasteiger charge is 2.38. The molecular formula is C23H25N5O3. The maximum absolute atomic E-state index is 13.2. The number of nitriles is 2. The second kappa shape index (κ2) is 9.01. The molecule has 2 amide bonds. The molecule has 1 aliphatic heterocycles. The van der Waals surface area contributed by atoms with Gasteiger partial charge in [0.2, 0.25) is 5.91 Å². The third kappa shape index (κ3) is 4.59. The van der Waals surface area contributed by atoms with E-state index in [0.717, 1.165) is 17.2 Å². The van der Waals surface area contributed by atoms with Crippen LogP contribution in [0.4, 0.5) is 0 Å². The van der Waals surface area contributed by atoms with E-state index in [0.29, 0.717) is 29.6 Å². The van der Waals surface area contributed by atoms with Crippen LogP contribution in [0.2, 0.25) is 0 Å². The average Bonchev–Trinajstić information content (AvgIpc) is 3.36. The quantitative estimate of drug-likeness (QED) is 0.695. The van der Waals surface area contributed by atoms with Crippen LogP contribution in [0.15, 0.2) is 18.2 Å². The number of nitrogens with one attached hydrogen (secondary N) is 2. The van der Waals surface area contributed by atoms with E-state index in [1.807, 2.05) is 20.8 Å². The van der Waals surface area contributed by atoms with Crippen molar-refractivity contribution in [2.45, 2.75) is 45.7 Å². The van der Waals surface area contributed by atoms with Gasteiger partial charge < -0.3 is 20.0 Å². The van der Waals surface area contributed by atoms with Gasteiger partial charge in [0, 0.05) is 23.4 Å². The molecule has 0 bridgehead atoms. The summed E-state index contributed by atoms with van der Waals surface area (Å²) in [6.45, 7) is 5.94. The molecule has 1 saturated heterocycles. The van der Waals surface area contributed by atoms with E-state index >= 15 is 0 Å². The first-order chi connectivity index (χ1) is 14.8. The Kier molecular flexibility index (Phi) is 6.41. The van der Waals surface area contributed by atoms with Gasteiger partial charge in [0.25, 0.3) is 5.91 Å². The molecule has 3 rings (SSSR count). The molecule has 3 unspecified atom stereocenters. The van der Waals surface area contributed by atoms with Crippen molar-refractivity contribution >= 4 is 29.0 Å². The third-order valence-corrected chi connectivity index (χ3v) is 5.59. The van der Waals surface area contributed by atoms with Crippen LogP contribution in [0.3, 0.4) is 0 Å². The highest BCUT2D eigenvalue weighted by atomic mass is 16.2. The average molecular weight is 419 g/mol. The van der Waals surface area contributed by atoms with Crippen LogP contribution in [-0.4, -0.2) is 46.6 Å². The number of aldehydes is 1. The van der Waals surface area contributed by atoms with Crippen LogP contribution in [0.25, 0.3) is 10.9 Å². The Morgan fingerprint density at radius 2 is 2.06 bits per heavy atom. The van der Waals surface area contributed by atoms with E-state index in [1.54, 1.807) is 18.2 Å². The molecule has 8 heteroatoms. The number of carbonyl (C=O) groups excluding carboxylic acids is 3. The summed E-state index contributed by atoms with van der Waals surface area (Å²) in [6, 6.07) is 7.83. The number of benzene rings is 1. The van der Waals surface area contributed by atoms with Crippen LogP contribution in [-0.2, 0) is 9.59 Å². The Labute approximate surface area is 180 Å². The highest BCUT2D eigenvalue weighted by molar-refractivity contribution is 6.01. The predicted molar refractivity (Wildman–Crippen MR) is 114 cm³/mol. The lowest BCUT2D eigenvalue weighted by atomic mass is 10.0. The molecule has 1 aliphatic rings. The fourth-order valence-electron chi connectivity index (χ4n) is 4.07. The second-order valence-electron chi connectivity index (χ2n) is 8.47. The smallest absolute Gasteiger partial charge is 0.268 e. The zero-order chi connectivity index (χ0) is 22.7. The summed E-state index contributed by atoms with van der Waals surface area (Å²) in [5.41, 5.74) is 2.33. The molecule has 0 spiro atoms. The Morgan fingerprint density at radius 1 is 1.32 bits per heavy atom. The van der Waals surface area contributed by atoms with Gasteiger partial charge in [-0.1, -0.05) is 13.8 Å². The zero-order valence-electron chi connectivity index (χ0n) is 17.8. The van der Waals surface area contributed by atoms with Gasteiger partial charge in [-0.2, -0.15) is 10.5 Å². The molecule has 3 atom stereocenters. The Balaban J connectivity index is 1.85. The van der Waals surface area contributed by atoms with E-state index in [-0.39, 0.29) is 24.3 Å². The molecule has 2 N–H and O–H groups in total. The Hall–Kier alpha value is -3.65. The standard InChI is InChI=1S/C23H25N5O3/c1-13(2)4-21(23(31)28-11-16(12-29)6-17(28)10-25)27-22(30)20-8-18-14(3)5-15(9-24)7-19(18)26-20/h5,7-8,12-13,16-17,21,26H,4,6,11H2,1-3H3,(H,27,30). The van der Waals surface area contributed by atoms with Gasteiger partial charge in [-0.15, -0.1) is 0 Å². The molecule has 2 aromatic rings. The molecule has 31 heavy (non-hydrogen) atoms. The first-order valence-electron chi connectivity index (χ1n) is 10.3. The first kappa shape index (κ1) is 22.0. The van der Waals surface area contributed by atoms with Crippen LogP contribution in [0, 0.1) is 41.4 Å². The number of H-pyrrole nitrogens is 1. The molecule has 0 radical (unpaired) electrons. The predicted octanol–water partition coefficient (Wildman–Crippen LogP) is 2.43. The van der Waals surface area contributed by atoms with Crippen molar-refractivity contribution in [3.63, 3.8) is 0 Å². The number of hydrogen-bond acceptors (Lipinski definition) is 5. The third-order valence-electron chi connectivity index (χ3n) is 5.59. The minimum absolute atomic E-state index is 0.127. The van der Waals surface area contributed by atoms with E-state index < -0.39 is 18.0 Å². The summed E-state index contributed by atoms with van der Waals surface area (Å²) in [5, 5.41) is 22.2. The summed E-state index contributed by atoms with van der Waals surface area (Å²) in [7, 11) is 0. The normalized spacial score (nSPS) is 19.1. The van der Waals surface area contributed by atoms with Crippen LogP contribution >= 0.6 is 0 Å². The topological polar surface area (TPSA) is 130 Å². The molecule has 0 aliphatic carbocycles. The molecule has 1 aromatic carbocycles. The molecular weight excluding hydrogens is 394 g/mol. The van der Waals surface area contributed by atoms with Crippen molar-refractivity contribution in [2.24, 2.45) is 11.8 Å². The van der Waals surface area contributed by atoms with E-state index in [9.17, 15) is 19.6 Å². The van der Waals surface area contributed by atoms with Crippen LogP contribution in [0.5, 0.6) is 0 Å². The van der Waals surface area contributed by atoms with Crippen molar-refractivity contribution in [2.75, 3.05) is 6.54 Å². The maximum Gasteiger partial charge on any atom is 0.268 e. The van der Waals surface area contributed by atoms with Crippen molar-refractivity contribution in [1.82, 2.24) is 15.2 Å². The maximum atomic E-state index is 13.2. The van der Waals surface area contributed by atoms with E-state index in [2.05, 4.69) is 22.4 Å². The van der Waals surface area contributed by atoms with Gasteiger partial charge >= 0.3 is 0 Å². The molecule has 1 aromatic heterocycles. The Morgan fingerprint density at radius 3 is 2.68 bits per heavy atom. The van der Waals surface area contributed by atoms with Crippen LogP contribution in [0.1, 0.15) is 48.3 Å². The SMILES string of the molecule is Cc1cc(C#N)cc2[nH]c(C(=O)NC(CC(C)C)C(=O)N3CC(C=O)CC3C#N)cc12. The molecule has 160 valence electrons. The number of aromatic nitrogens is 1. The lowest BCUT2D eigenvalue weighted by Crippen LogP contribution is -2.50. The number of carbonyl (C=O) groups is 3. The summed E-state index contributed by atoms with van der Waals surface area (Å²) in [5.74, 6) is -1.03. The minimum atomic E-state index is -0.809. The van der Waals surface area contributed by atoms with Gasteiger partial charge in [-0.25, -0.2) is 0 Å². The molecule has 2 heterocycles. The molecule has 0 saturated carbocycles. The molecule has 8 nitrogen and oxygen atoms in total. The summed E-state index contributed by atoms with van der Waals surface area (Å²) in [4.78, 5) is 41.7. The fraction of sp³-hybridized carbons (Fsp3) is 0.435. The van der Waals surface area contributed by atoms with Crippen molar-refractivity contribution in [1.29, 1.82) is 10.5 Å². The number of fused-ring (bicyclic) bond motifs is 1. The number of aromatic amines is 1. The van der Waals surface area contributed by atoms with E-state index in [1.165, 1.54) is 4.90 Å². The van der Waals surface area contributed by atoms with Gasteiger partial charge in [0.15, 0.2) is 0 Å². The number of rotatable bonds is 6. The van der Waals surface area contributed by atoms with E-state index in [4.69, 9.17) is 5.26 Å². The fourth-order valence-corrected chi connectivity index (χ4v) is 4.07. The summed E-state index contributed by atoms with van der Waals surface area (Å²) < 4.78 is 0. The number of likely N-dealkylation sites (tertiary alicyclic amines) is 1. The minimum Gasteiger partial charge on any atom is -0.350 e. The van der Waals surface area contributed by atoms with Crippen molar-refractivity contribution in [3.8, 4) is 12.1 Å². The number of aryl methyl sites for hydroxylation is 1. The molecule has 1 fully saturated rings. The second-order valence-corrected chi connectivity index (χ2v) is 8.47.